The van der Waals surface area contributed by atoms with E-state index in [9.17, 15) is 9.59 Å². The number of thioether (sulfide) groups is 1. The predicted molar refractivity (Wildman–Crippen MR) is 147 cm³/mol. The summed E-state index contributed by atoms with van der Waals surface area (Å²) in [6, 6.07) is 9.29. The highest BCUT2D eigenvalue weighted by Crippen LogP contribution is 2.39. The highest BCUT2D eigenvalue weighted by Gasteiger charge is 2.31. The van der Waals surface area contributed by atoms with Crippen molar-refractivity contribution in [2.45, 2.75) is 20.3 Å². The standard InChI is InChI=1S/C25H27BrN2O5S2/c1-15-7-5-8-19(16(15)2)27-22(29)14-33-23-18(26)11-17(12-20(23)32-4)13-21-24(30)28(25(34)35-21)9-6-10-31-3/h5,7-8,11-13H,6,9-10,14H2,1-4H3,(H,27,29)/b21-13-. The topological polar surface area (TPSA) is 77.1 Å². The highest BCUT2D eigenvalue weighted by atomic mass is 79.9. The van der Waals surface area contributed by atoms with Crippen LogP contribution in [-0.2, 0) is 14.3 Å². The van der Waals surface area contributed by atoms with E-state index in [1.807, 2.05) is 32.0 Å². The molecule has 3 rings (SSSR count). The third kappa shape index (κ3) is 6.84. The van der Waals surface area contributed by atoms with Gasteiger partial charge >= 0.3 is 0 Å². The minimum absolute atomic E-state index is 0.130. The molecule has 1 heterocycles. The van der Waals surface area contributed by atoms with Crippen molar-refractivity contribution in [3.63, 3.8) is 0 Å². The van der Waals surface area contributed by atoms with Crippen LogP contribution in [0, 0.1) is 13.8 Å². The van der Waals surface area contributed by atoms with Gasteiger partial charge < -0.3 is 19.5 Å². The first-order valence-electron chi connectivity index (χ1n) is 10.9. The molecule has 0 aromatic heterocycles. The van der Waals surface area contributed by atoms with Crippen molar-refractivity contribution in [1.82, 2.24) is 4.90 Å². The van der Waals surface area contributed by atoms with Crippen molar-refractivity contribution in [1.29, 1.82) is 0 Å². The molecular weight excluding hydrogens is 552 g/mol. The van der Waals surface area contributed by atoms with Crippen molar-refractivity contribution in [3.8, 4) is 11.5 Å². The summed E-state index contributed by atoms with van der Waals surface area (Å²) >= 11 is 10.1. The largest absolute Gasteiger partial charge is 0.493 e. The Balaban J connectivity index is 1.71. The number of nitrogens with one attached hydrogen (secondary N) is 1. The molecule has 1 aliphatic rings. The number of benzene rings is 2. The Hall–Kier alpha value is -2.40. The summed E-state index contributed by atoms with van der Waals surface area (Å²) in [4.78, 5) is 27.4. The van der Waals surface area contributed by atoms with Crippen LogP contribution in [0.25, 0.3) is 6.08 Å². The van der Waals surface area contributed by atoms with Gasteiger partial charge in [-0.2, -0.15) is 0 Å². The van der Waals surface area contributed by atoms with Gasteiger partial charge in [0.1, 0.15) is 4.32 Å². The molecule has 2 aromatic carbocycles. The fourth-order valence-electron chi connectivity index (χ4n) is 3.38. The lowest BCUT2D eigenvalue weighted by atomic mass is 10.1. The van der Waals surface area contributed by atoms with Gasteiger partial charge in [-0.1, -0.05) is 36.1 Å². The molecule has 1 saturated heterocycles. The monoisotopic (exact) mass is 578 g/mol. The van der Waals surface area contributed by atoms with Gasteiger partial charge in [0.15, 0.2) is 18.1 Å². The highest BCUT2D eigenvalue weighted by molar-refractivity contribution is 9.10. The lowest BCUT2D eigenvalue weighted by Gasteiger charge is -2.15. The molecule has 186 valence electrons. The number of carbonyl (C=O) groups is 2. The quantitative estimate of drug-likeness (QED) is 0.232. The Morgan fingerprint density at radius 1 is 1.26 bits per heavy atom. The molecule has 0 atom stereocenters. The zero-order valence-corrected chi connectivity index (χ0v) is 23.2. The lowest BCUT2D eigenvalue weighted by Crippen LogP contribution is -2.29. The van der Waals surface area contributed by atoms with Crippen molar-refractivity contribution >= 4 is 67.8 Å². The van der Waals surface area contributed by atoms with Crippen LogP contribution in [0.1, 0.15) is 23.1 Å². The third-order valence-corrected chi connectivity index (χ3v) is 7.35. The fourth-order valence-corrected chi connectivity index (χ4v) is 5.27. The molecule has 1 aliphatic heterocycles. The number of amides is 2. The second-order valence-electron chi connectivity index (χ2n) is 7.80. The summed E-state index contributed by atoms with van der Waals surface area (Å²) in [7, 11) is 3.14. The van der Waals surface area contributed by atoms with E-state index < -0.39 is 0 Å². The minimum atomic E-state index is -0.283. The van der Waals surface area contributed by atoms with E-state index in [-0.39, 0.29) is 18.4 Å². The zero-order valence-electron chi connectivity index (χ0n) is 20.0. The number of nitrogens with zero attached hydrogens (tertiary/aromatic N) is 1. The van der Waals surface area contributed by atoms with Crippen molar-refractivity contribution in [2.24, 2.45) is 0 Å². The number of halogens is 1. The maximum Gasteiger partial charge on any atom is 0.266 e. The molecule has 0 aliphatic carbocycles. The number of thiocarbonyl (C=S) groups is 1. The number of hydrogen-bond donors (Lipinski definition) is 1. The van der Waals surface area contributed by atoms with Crippen LogP contribution in [0.5, 0.6) is 11.5 Å². The summed E-state index contributed by atoms with van der Waals surface area (Å²) in [5.41, 5.74) is 3.58. The van der Waals surface area contributed by atoms with E-state index in [2.05, 4.69) is 21.2 Å². The number of rotatable bonds is 10. The molecular formula is C25H27BrN2O5S2. The van der Waals surface area contributed by atoms with Crippen LogP contribution >= 0.6 is 39.9 Å². The Bertz CT molecular complexity index is 1170. The first kappa shape index (κ1) is 27.2. The minimum Gasteiger partial charge on any atom is -0.493 e. The van der Waals surface area contributed by atoms with Gasteiger partial charge in [-0.15, -0.1) is 0 Å². The van der Waals surface area contributed by atoms with E-state index in [0.29, 0.717) is 44.8 Å². The van der Waals surface area contributed by atoms with E-state index in [4.69, 9.17) is 26.4 Å². The zero-order chi connectivity index (χ0) is 25.5. The second kappa shape index (κ2) is 12.5. The molecule has 0 saturated carbocycles. The van der Waals surface area contributed by atoms with Gasteiger partial charge in [0.05, 0.1) is 16.5 Å². The second-order valence-corrected chi connectivity index (χ2v) is 10.3. The molecule has 0 bridgehead atoms. The van der Waals surface area contributed by atoms with Gasteiger partial charge in [0.25, 0.3) is 11.8 Å². The fraction of sp³-hybridized carbons (Fsp3) is 0.320. The van der Waals surface area contributed by atoms with E-state index in [1.165, 1.54) is 18.9 Å². The summed E-state index contributed by atoms with van der Waals surface area (Å²) in [5, 5.41) is 2.87. The Morgan fingerprint density at radius 2 is 2.03 bits per heavy atom. The molecule has 35 heavy (non-hydrogen) atoms. The molecule has 7 nitrogen and oxygen atoms in total. The smallest absolute Gasteiger partial charge is 0.266 e. The summed E-state index contributed by atoms with van der Waals surface area (Å²) < 4.78 is 17.5. The molecule has 10 heteroatoms. The average Bonchev–Trinajstić information content (AvgIpc) is 3.08. The van der Waals surface area contributed by atoms with Gasteiger partial charge in [-0.05, 0) is 77.2 Å². The van der Waals surface area contributed by atoms with Gasteiger partial charge in [0.2, 0.25) is 0 Å². The van der Waals surface area contributed by atoms with Crippen molar-refractivity contribution < 1.29 is 23.8 Å². The van der Waals surface area contributed by atoms with Crippen molar-refractivity contribution in [2.75, 3.05) is 39.3 Å². The SMILES string of the molecule is COCCCN1C(=O)/C(=C/c2cc(Br)c(OCC(=O)Nc3cccc(C)c3C)c(OC)c2)SC1=S. The molecule has 0 radical (unpaired) electrons. The van der Waals surface area contributed by atoms with Gasteiger partial charge in [-0.3, -0.25) is 14.5 Å². The molecule has 1 N–H and O–H groups in total. The van der Waals surface area contributed by atoms with Crippen LogP contribution < -0.4 is 14.8 Å². The molecule has 0 unspecified atom stereocenters. The Kier molecular flexibility index (Phi) is 9.73. The molecule has 2 amide bonds. The van der Waals surface area contributed by atoms with Gasteiger partial charge in [0, 0.05) is 25.9 Å². The Labute approximate surface area is 223 Å². The molecule has 1 fully saturated rings. The number of carbonyl (C=O) groups excluding carboxylic acids is 2. The number of anilines is 1. The predicted octanol–water partition coefficient (Wildman–Crippen LogP) is 5.33. The van der Waals surface area contributed by atoms with E-state index >= 15 is 0 Å². The molecule has 0 spiro atoms. The normalized spacial score (nSPS) is 14.5. The summed E-state index contributed by atoms with van der Waals surface area (Å²) in [6.45, 7) is 4.83. The maximum absolute atomic E-state index is 12.8. The molecule has 2 aromatic rings. The maximum atomic E-state index is 12.8. The average molecular weight is 580 g/mol. The first-order valence-corrected chi connectivity index (χ1v) is 12.9. The van der Waals surface area contributed by atoms with Crippen LogP contribution in [0.4, 0.5) is 5.69 Å². The third-order valence-electron chi connectivity index (χ3n) is 5.38. The van der Waals surface area contributed by atoms with Crippen LogP contribution in [0.2, 0.25) is 0 Å². The van der Waals surface area contributed by atoms with E-state index in [1.54, 1.807) is 30.2 Å². The summed E-state index contributed by atoms with van der Waals surface area (Å²) in [6.07, 6.45) is 2.47. The number of hydrogen-bond acceptors (Lipinski definition) is 7. The number of ether oxygens (including phenoxy) is 3. The van der Waals surface area contributed by atoms with E-state index in [0.717, 1.165) is 22.4 Å². The number of aryl methyl sites for hydroxylation is 1. The van der Waals surface area contributed by atoms with Crippen LogP contribution in [0.15, 0.2) is 39.7 Å². The first-order chi connectivity index (χ1) is 16.7. The summed E-state index contributed by atoms with van der Waals surface area (Å²) in [5.74, 6) is 0.414. The Morgan fingerprint density at radius 3 is 2.74 bits per heavy atom. The van der Waals surface area contributed by atoms with Crippen LogP contribution in [-0.4, -0.2) is 55.0 Å². The number of methoxy groups -OCH3 is 2. The van der Waals surface area contributed by atoms with Crippen molar-refractivity contribution in [3.05, 3.63) is 56.4 Å². The van der Waals surface area contributed by atoms with Gasteiger partial charge in [-0.25, -0.2) is 0 Å². The lowest BCUT2D eigenvalue weighted by molar-refractivity contribution is -0.122. The van der Waals surface area contributed by atoms with Crippen LogP contribution in [0.3, 0.4) is 0 Å².